The molecule has 0 N–H and O–H groups in total. The minimum atomic E-state index is 0.524. The molecule has 0 saturated heterocycles. The van der Waals surface area contributed by atoms with Gasteiger partial charge in [0.1, 0.15) is 0 Å². The number of hydrogen-bond donors (Lipinski definition) is 0. The van der Waals surface area contributed by atoms with Gasteiger partial charge >= 0.3 is 0 Å². The summed E-state index contributed by atoms with van der Waals surface area (Å²) in [5.74, 6) is 0. The van der Waals surface area contributed by atoms with Gasteiger partial charge in [-0.15, -0.1) is 0 Å². The summed E-state index contributed by atoms with van der Waals surface area (Å²) >= 11 is 0. The van der Waals surface area contributed by atoms with Crippen molar-refractivity contribution in [3.63, 3.8) is 0 Å². The summed E-state index contributed by atoms with van der Waals surface area (Å²) in [6.45, 7) is 0. The summed E-state index contributed by atoms with van der Waals surface area (Å²) in [5.41, 5.74) is 2.72. The minimum Gasteiger partial charge on any atom is -0.192 e. The molecule has 110 valence electrons. The molecule has 0 radical (unpaired) electrons. The highest BCUT2D eigenvalue weighted by molar-refractivity contribution is 6.14. The van der Waals surface area contributed by atoms with Gasteiger partial charge in [-0.3, -0.25) is 0 Å². The Bertz CT molecular complexity index is 1090. The van der Waals surface area contributed by atoms with Crippen LogP contribution in [0.2, 0.25) is 0 Å². The minimum absolute atomic E-state index is 0.524. The first-order chi connectivity index (χ1) is 11.8. The molecule has 0 unspecified atom stereocenters. The Morgan fingerprint density at radius 3 is 1.54 bits per heavy atom. The van der Waals surface area contributed by atoms with Crippen LogP contribution in [0.4, 0.5) is 0 Å². The third-order valence-electron chi connectivity index (χ3n) is 4.33. The smallest absolute Gasteiger partial charge is 0.0998 e. The average Bonchev–Trinajstić information content (AvgIpc) is 2.65. The van der Waals surface area contributed by atoms with Gasteiger partial charge in [-0.05, 0) is 45.3 Å². The van der Waals surface area contributed by atoms with Crippen molar-refractivity contribution in [1.82, 2.24) is 0 Å². The molecule has 0 saturated carbocycles. The van der Waals surface area contributed by atoms with Crippen LogP contribution in [0.5, 0.6) is 0 Å². The maximum absolute atomic E-state index is 9.58. The molecule has 0 aromatic heterocycles. The van der Waals surface area contributed by atoms with Gasteiger partial charge in [0.05, 0.1) is 23.3 Å². The number of benzene rings is 4. The van der Waals surface area contributed by atoms with Crippen LogP contribution >= 0.6 is 0 Å². The van der Waals surface area contributed by atoms with Gasteiger partial charge in [0.15, 0.2) is 0 Å². The highest BCUT2D eigenvalue weighted by Gasteiger charge is 2.16. The van der Waals surface area contributed by atoms with Gasteiger partial charge in [0.25, 0.3) is 0 Å². The fourth-order valence-corrected chi connectivity index (χ4v) is 3.29. The zero-order valence-electron chi connectivity index (χ0n) is 12.8. The van der Waals surface area contributed by atoms with E-state index in [-0.39, 0.29) is 0 Å². The monoisotopic (exact) mass is 304 g/mol. The zero-order valence-corrected chi connectivity index (χ0v) is 12.8. The SMILES string of the molecule is N#Cc1cccc(C#N)c1-c1c2ccccc2cc2ccccc12. The van der Waals surface area contributed by atoms with E-state index in [1.54, 1.807) is 18.2 Å². The third kappa shape index (κ3) is 2.02. The molecular formula is C22H12N2. The molecule has 0 aliphatic rings. The Kier molecular flexibility index (Phi) is 3.23. The number of fused-ring (bicyclic) bond motifs is 2. The van der Waals surface area contributed by atoms with Gasteiger partial charge in [0, 0.05) is 5.56 Å². The van der Waals surface area contributed by atoms with E-state index in [0.717, 1.165) is 32.7 Å². The topological polar surface area (TPSA) is 47.6 Å². The van der Waals surface area contributed by atoms with E-state index in [9.17, 15) is 10.5 Å². The number of nitrogens with zero attached hydrogens (tertiary/aromatic N) is 2. The molecule has 0 heterocycles. The van der Waals surface area contributed by atoms with E-state index in [1.807, 2.05) is 36.4 Å². The van der Waals surface area contributed by atoms with Crippen LogP contribution in [0.15, 0.2) is 72.8 Å². The van der Waals surface area contributed by atoms with Crippen molar-refractivity contribution in [2.75, 3.05) is 0 Å². The van der Waals surface area contributed by atoms with E-state index < -0.39 is 0 Å². The first-order valence-electron chi connectivity index (χ1n) is 7.67. The molecule has 0 amide bonds. The maximum atomic E-state index is 9.58. The standard InChI is InChI=1S/C22H12N2/c23-13-17-8-5-9-18(14-24)21(17)22-19-10-3-1-6-15(19)12-16-7-2-4-11-20(16)22/h1-12H. The summed E-state index contributed by atoms with van der Waals surface area (Å²) in [5, 5.41) is 23.5. The van der Waals surface area contributed by atoms with Crippen molar-refractivity contribution >= 4 is 21.5 Å². The Hall–Kier alpha value is -3.62. The van der Waals surface area contributed by atoms with Gasteiger partial charge in [-0.2, -0.15) is 10.5 Å². The number of rotatable bonds is 1. The van der Waals surface area contributed by atoms with E-state index in [1.165, 1.54) is 0 Å². The lowest BCUT2D eigenvalue weighted by Crippen LogP contribution is -1.92. The lowest BCUT2D eigenvalue weighted by Gasteiger charge is -2.14. The first kappa shape index (κ1) is 14.0. The van der Waals surface area contributed by atoms with Gasteiger partial charge in [-0.1, -0.05) is 54.6 Å². The molecule has 4 aromatic rings. The molecule has 0 bridgehead atoms. The summed E-state index contributed by atoms with van der Waals surface area (Å²) in [6.07, 6.45) is 0. The molecule has 24 heavy (non-hydrogen) atoms. The normalized spacial score (nSPS) is 10.4. The molecule has 0 spiro atoms. The molecule has 0 aliphatic heterocycles. The molecule has 2 nitrogen and oxygen atoms in total. The molecule has 4 rings (SSSR count). The Labute approximate surface area is 139 Å². The summed E-state index contributed by atoms with van der Waals surface area (Å²) in [4.78, 5) is 0. The van der Waals surface area contributed by atoms with Crippen LogP contribution in [-0.4, -0.2) is 0 Å². The molecule has 0 aliphatic carbocycles. The predicted molar refractivity (Wildman–Crippen MR) is 96.3 cm³/mol. The van der Waals surface area contributed by atoms with Gasteiger partial charge in [0.2, 0.25) is 0 Å². The van der Waals surface area contributed by atoms with Crippen LogP contribution in [0, 0.1) is 22.7 Å². The van der Waals surface area contributed by atoms with Crippen LogP contribution in [0.1, 0.15) is 11.1 Å². The van der Waals surface area contributed by atoms with Crippen molar-refractivity contribution in [2.45, 2.75) is 0 Å². The number of hydrogen-bond acceptors (Lipinski definition) is 2. The average molecular weight is 304 g/mol. The van der Waals surface area contributed by atoms with Gasteiger partial charge in [-0.25, -0.2) is 0 Å². The third-order valence-corrected chi connectivity index (χ3v) is 4.33. The van der Waals surface area contributed by atoms with E-state index >= 15 is 0 Å². The Morgan fingerprint density at radius 1 is 0.542 bits per heavy atom. The summed E-state index contributed by atoms with van der Waals surface area (Å²) in [6, 6.07) is 28.1. The fraction of sp³-hybridized carbons (Fsp3) is 0. The molecule has 0 atom stereocenters. The quantitative estimate of drug-likeness (QED) is 0.442. The fourth-order valence-electron chi connectivity index (χ4n) is 3.29. The predicted octanol–water partition coefficient (Wildman–Crippen LogP) is 5.40. The van der Waals surface area contributed by atoms with Crippen molar-refractivity contribution in [1.29, 1.82) is 10.5 Å². The molecule has 4 aromatic carbocycles. The largest absolute Gasteiger partial charge is 0.192 e. The Balaban J connectivity index is 2.30. The lowest BCUT2D eigenvalue weighted by atomic mass is 9.87. The molecular weight excluding hydrogens is 292 g/mol. The van der Waals surface area contributed by atoms with E-state index in [0.29, 0.717) is 11.1 Å². The lowest BCUT2D eigenvalue weighted by molar-refractivity contribution is 1.45. The van der Waals surface area contributed by atoms with Crippen LogP contribution in [0.3, 0.4) is 0 Å². The molecule has 2 heteroatoms. The second-order valence-electron chi connectivity index (χ2n) is 5.65. The van der Waals surface area contributed by atoms with Crippen LogP contribution < -0.4 is 0 Å². The number of nitriles is 2. The zero-order chi connectivity index (χ0) is 16.5. The van der Waals surface area contributed by atoms with Gasteiger partial charge < -0.3 is 0 Å². The molecule has 0 fully saturated rings. The van der Waals surface area contributed by atoms with Crippen molar-refractivity contribution in [3.05, 3.63) is 83.9 Å². The second-order valence-corrected chi connectivity index (χ2v) is 5.65. The van der Waals surface area contributed by atoms with Crippen LogP contribution in [0.25, 0.3) is 32.7 Å². The van der Waals surface area contributed by atoms with Crippen molar-refractivity contribution < 1.29 is 0 Å². The van der Waals surface area contributed by atoms with E-state index in [2.05, 4.69) is 30.3 Å². The second kappa shape index (κ2) is 5.54. The Morgan fingerprint density at radius 2 is 1.04 bits per heavy atom. The van der Waals surface area contributed by atoms with Crippen LogP contribution in [-0.2, 0) is 0 Å². The summed E-state index contributed by atoms with van der Waals surface area (Å²) < 4.78 is 0. The van der Waals surface area contributed by atoms with Crippen molar-refractivity contribution in [2.24, 2.45) is 0 Å². The van der Waals surface area contributed by atoms with Crippen molar-refractivity contribution in [3.8, 4) is 23.3 Å². The summed E-state index contributed by atoms with van der Waals surface area (Å²) in [7, 11) is 0. The highest BCUT2D eigenvalue weighted by atomic mass is 14.3. The maximum Gasteiger partial charge on any atom is 0.0998 e. The first-order valence-corrected chi connectivity index (χ1v) is 7.67. The highest BCUT2D eigenvalue weighted by Crippen LogP contribution is 2.39. The van der Waals surface area contributed by atoms with E-state index in [4.69, 9.17) is 0 Å².